The zero-order valence-corrected chi connectivity index (χ0v) is 18.8. The molecule has 1 atom stereocenters. The highest BCUT2D eigenvalue weighted by molar-refractivity contribution is 5.80. The number of nitrogens with one attached hydrogen (secondary N) is 1. The highest BCUT2D eigenvalue weighted by Gasteiger charge is 2.37. The summed E-state index contributed by atoms with van der Waals surface area (Å²) < 4.78 is 18.5. The minimum Gasteiger partial charge on any atom is -0.379 e. The molecular formula is C24H35FN4O3. The number of carbonyl (C=O) groups is 2. The number of halogens is 1. The van der Waals surface area contributed by atoms with Crippen LogP contribution in [0.5, 0.6) is 0 Å². The molecule has 0 aromatic heterocycles. The molecule has 1 saturated carbocycles. The number of benzene rings is 1. The fourth-order valence-electron chi connectivity index (χ4n) is 4.72. The Labute approximate surface area is 189 Å². The number of carbonyl (C=O) groups excluding carboxylic acids is 2. The van der Waals surface area contributed by atoms with Crippen molar-refractivity contribution >= 4 is 11.9 Å². The number of hydrogen-bond donors (Lipinski definition) is 1. The monoisotopic (exact) mass is 446 g/mol. The highest BCUT2D eigenvalue weighted by atomic mass is 19.1. The van der Waals surface area contributed by atoms with Gasteiger partial charge >= 0.3 is 6.03 Å². The first-order valence-electron chi connectivity index (χ1n) is 12.0. The zero-order chi connectivity index (χ0) is 22.3. The Morgan fingerprint density at radius 3 is 2.53 bits per heavy atom. The summed E-state index contributed by atoms with van der Waals surface area (Å²) in [5, 5.41) is 2.92. The molecule has 1 aromatic rings. The summed E-state index contributed by atoms with van der Waals surface area (Å²) in [6.45, 7) is 6.82. The molecule has 8 heteroatoms. The lowest BCUT2D eigenvalue weighted by atomic mass is 9.84. The van der Waals surface area contributed by atoms with Crippen LogP contribution in [0.15, 0.2) is 24.3 Å². The van der Waals surface area contributed by atoms with Crippen LogP contribution in [-0.2, 0) is 16.1 Å². The Kier molecular flexibility index (Phi) is 7.97. The summed E-state index contributed by atoms with van der Waals surface area (Å²) in [6, 6.07) is 6.11. The molecule has 2 heterocycles. The fraction of sp³-hybridized carbons (Fsp3) is 0.667. The summed E-state index contributed by atoms with van der Waals surface area (Å²) in [7, 11) is 0. The predicted molar refractivity (Wildman–Crippen MR) is 120 cm³/mol. The fourth-order valence-corrected chi connectivity index (χ4v) is 4.72. The molecule has 1 aromatic carbocycles. The lowest BCUT2D eigenvalue weighted by Crippen LogP contribution is -2.48. The third kappa shape index (κ3) is 5.98. The molecular weight excluding hydrogens is 411 g/mol. The van der Waals surface area contributed by atoms with Crippen LogP contribution in [0.1, 0.15) is 37.7 Å². The summed E-state index contributed by atoms with van der Waals surface area (Å²) >= 11 is 0. The second-order valence-corrected chi connectivity index (χ2v) is 9.14. The maximum atomic E-state index is 13.2. The van der Waals surface area contributed by atoms with Gasteiger partial charge in [0.25, 0.3) is 0 Å². The van der Waals surface area contributed by atoms with Crippen LogP contribution in [0.3, 0.4) is 0 Å². The molecule has 3 amide bonds. The lowest BCUT2D eigenvalue weighted by molar-refractivity contribution is -0.140. The largest absolute Gasteiger partial charge is 0.379 e. The van der Waals surface area contributed by atoms with E-state index >= 15 is 0 Å². The molecule has 3 fully saturated rings. The lowest BCUT2D eigenvalue weighted by Gasteiger charge is -2.36. The second-order valence-electron chi connectivity index (χ2n) is 9.14. The summed E-state index contributed by atoms with van der Waals surface area (Å²) in [5.41, 5.74) is 0.861. The summed E-state index contributed by atoms with van der Waals surface area (Å²) in [6.07, 6.45) is 4.90. The van der Waals surface area contributed by atoms with E-state index in [4.69, 9.17) is 4.74 Å². The van der Waals surface area contributed by atoms with E-state index in [9.17, 15) is 14.0 Å². The molecule has 176 valence electrons. The topological polar surface area (TPSA) is 65.1 Å². The van der Waals surface area contributed by atoms with Gasteiger partial charge in [0.15, 0.2) is 0 Å². The van der Waals surface area contributed by atoms with Crippen molar-refractivity contribution in [1.29, 1.82) is 0 Å². The molecule has 32 heavy (non-hydrogen) atoms. The average molecular weight is 447 g/mol. The van der Waals surface area contributed by atoms with Crippen LogP contribution in [0.4, 0.5) is 9.18 Å². The number of rotatable bonds is 8. The first kappa shape index (κ1) is 23.0. The maximum absolute atomic E-state index is 13.2. The van der Waals surface area contributed by atoms with Crippen LogP contribution in [0, 0.1) is 11.7 Å². The van der Waals surface area contributed by atoms with Gasteiger partial charge in [-0.15, -0.1) is 0 Å². The smallest absolute Gasteiger partial charge is 0.317 e. The molecule has 2 aliphatic heterocycles. The Balaban J connectivity index is 1.28. The highest BCUT2D eigenvalue weighted by Crippen LogP contribution is 2.30. The number of hydrogen-bond acceptors (Lipinski definition) is 4. The summed E-state index contributed by atoms with van der Waals surface area (Å²) in [5.74, 6) is 0.156. The van der Waals surface area contributed by atoms with Crippen LogP contribution < -0.4 is 5.32 Å². The third-order valence-corrected chi connectivity index (χ3v) is 6.96. The number of nitrogens with zero attached hydrogens (tertiary/aromatic N) is 3. The molecule has 7 nitrogen and oxygen atoms in total. The van der Waals surface area contributed by atoms with Gasteiger partial charge in [-0.25, -0.2) is 9.18 Å². The second kappa shape index (κ2) is 11.1. The van der Waals surface area contributed by atoms with Crippen molar-refractivity contribution in [2.75, 3.05) is 52.5 Å². The van der Waals surface area contributed by atoms with Gasteiger partial charge in [-0.2, -0.15) is 0 Å². The molecule has 3 aliphatic rings. The summed E-state index contributed by atoms with van der Waals surface area (Å²) in [4.78, 5) is 32.1. The standard InChI is InChI=1S/C24H35FN4O3/c25-21-7-5-19(6-8-21)17-26-24(31)28-12-9-22(18-28)29(23(30)20-3-1-4-20)11-2-10-27-13-15-32-16-14-27/h5-8,20,22H,1-4,9-18H2,(H,26,31). The molecule has 0 bridgehead atoms. The van der Waals surface area contributed by atoms with Gasteiger partial charge in [0.05, 0.1) is 19.3 Å². The molecule has 1 aliphatic carbocycles. The van der Waals surface area contributed by atoms with Crippen molar-refractivity contribution in [3.63, 3.8) is 0 Å². The Hall–Kier alpha value is -2.19. The molecule has 0 spiro atoms. The molecule has 1 N–H and O–H groups in total. The van der Waals surface area contributed by atoms with Crippen molar-refractivity contribution in [2.45, 2.75) is 44.7 Å². The predicted octanol–water partition coefficient (Wildman–Crippen LogP) is 2.46. The third-order valence-electron chi connectivity index (χ3n) is 6.96. The van der Waals surface area contributed by atoms with E-state index in [2.05, 4.69) is 15.1 Å². The molecule has 4 rings (SSSR count). The van der Waals surface area contributed by atoms with Crippen LogP contribution in [-0.4, -0.2) is 85.2 Å². The Morgan fingerprint density at radius 2 is 1.84 bits per heavy atom. The quantitative estimate of drug-likeness (QED) is 0.666. The SMILES string of the molecule is O=C(NCc1ccc(F)cc1)N1CCC(N(CCCN2CCOCC2)C(=O)C2CCC2)C1. The van der Waals surface area contributed by atoms with Crippen LogP contribution in [0.25, 0.3) is 0 Å². The molecule has 0 radical (unpaired) electrons. The van der Waals surface area contributed by atoms with Gasteiger partial charge < -0.3 is 19.9 Å². The molecule has 1 unspecified atom stereocenters. The van der Waals surface area contributed by atoms with Crippen molar-refractivity contribution in [1.82, 2.24) is 20.0 Å². The van der Waals surface area contributed by atoms with Crippen molar-refractivity contribution < 1.29 is 18.7 Å². The van der Waals surface area contributed by atoms with Crippen LogP contribution in [0.2, 0.25) is 0 Å². The van der Waals surface area contributed by atoms with Crippen LogP contribution >= 0.6 is 0 Å². The van der Waals surface area contributed by atoms with E-state index < -0.39 is 0 Å². The number of likely N-dealkylation sites (tertiary alicyclic amines) is 1. The minimum absolute atomic E-state index is 0.0874. The van der Waals surface area contributed by atoms with E-state index in [1.807, 2.05) is 0 Å². The molecule has 2 saturated heterocycles. The van der Waals surface area contributed by atoms with Crippen molar-refractivity contribution in [3.8, 4) is 0 Å². The first-order valence-corrected chi connectivity index (χ1v) is 12.0. The maximum Gasteiger partial charge on any atom is 0.317 e. The van der Waals surface area contributed by atoms with Crippen molar-refractivity contribution in [3.05, 3.63) is 35.6 Å². The van der Waals surface area contributed by atoms with E-state index in [0.717, 1.165) is 77.1 Å². The van der Waals surface area contributed by atoms with Gasteiger partial charge in [0.1, 0.15) is 5.82 Å². The van der Waals surface area contributed by atoms with E-state index in [1.54, 1.807) is 17.0 Å². The average Bonchev–Trinajstić information content (AvgIpc) is 3.25. The number of ether oxygens (including phenoxy) is 1. The van der Waals surface area contributed by atoms with E-state index in [0.29, 0.717) is 19.6 Å². The van der Waals surface area contributed by atoms with E-state index in [1.165, 1.54) is 12.1 Å². The van der Waals surface area contributed by atoms with Crippen molar-refractivity contribution in [2.24, 2.45) is 5.92 Å². The van der Waals surface area contributed by atoms with Gasteiger partial charge in [0, 0.05) is 51.7 Å². The van der Waals surface area contributed by atoms with Gasteiger partial charge in [0.2, 0.25) is 5.91 Å². The number of morpholine rings is 1. The normalized spacial score (nSPS) is 21.9. The Bertz CT molecular complexity index is 765. The first-order chi connectivity index (χ1) is 15.6. The van der Waals surface area contributed by atoms with E-state index in [-0.39, 0.29) is 29.7 Å². The minimum atomic E-state index is -0.285. The number of urea groups is 1. The Morgan fingerprint density at radius 1 is 1.09 bits per heavy atom. The van der Waals surface area contributed by atoms with Gasteiger partial charge in [-0.3, -0.25) is 9.69 Å². The van der Waals surface area contributed by atoms with Gasteiger partial charge in [-0.1, -0.05) is 18.6 Å². The zero-order valence-electron chi connectivity index (χ0n) is 18.8. The van der Waals surface area contributed by atoms with Gasteiger partial charge in [-0.05, 0) is 43.4 Å². The number of amides is 3.